The van der Waals surface area contributed by atoms with Gasteiger partial charge in [-0.05, 0) is 29.2 Å². The zero-order valence-corrected chi connectivity index (χ0v) is 17.0. The van der Waals surface area contributed by atoms with Crippen LogP contribution in [0.25, 0.3) is 11.3 Å². The normalized spacial score (nSPS) is 11.2. The summed E-state index contributed by atoms with van der Waals surface area (Å²) in [6.45, 7) is 1.25. The molecule has 9 nitrogen and oxygen atoms in total. The Morgan fingerprint density at radius 1 is 1.31 bits per heavy atom. The van der Waals surface area contributed by atoms with E-state index in [0.717, 1.165) is 6.20 Å². The Morgan fingerprint density at radius 2 is 2.03 bits per heavy atom. The number of hydrazone groups is 1. The number of imidazole rings is 1. The van der Waals surface area contributed by atoms with Gasteiger partial charge in [-0.25, -0.2) is 15.0 Å². The third-order valence-corrected chi connectivity index (χ3v) is 4.84. The summed E-state index contributed by atoms with van der Waals surface area (Å²) in [4.78, 5) is 26.2. The lowest BCUT2D eigenvalue weighted by Gasteiger charge is -2.03. The maximum Gasteiger partial charge on any atom is 0.343 e. The first kappa shape index (κ1) is 20.8. The smallest absolute Gasteiger partial charge is 0.343 e. The van der Waals surface area contributed by atoms with Crippen molar-refractivity contribution in [3.05, 3.63) is 67.2 Å². The molecular weight excluding hydrogens is 445 g/mol. The zero-order valence-electron chi connectivity index (χ0n) is 14.7. The molecule has 1 amide bonds. The van der Waals surface area contributed by atoms with Gasteiger partial charge in [0.2, 0.25) is 0 Å². The molecule has 0 radical (unpaired) electrons. The number of aromatic nitrogens is 2. The predicted molar refractivity (Wildman–Crippen MR) is 109 cm³/mol. The lowest BCUT2D eigenvalue weighted by atomic mass is 10.2. The first-order chi connectivity index (χ1) is 13.8. The molecule has 0 bridgehead atoms. The second-order valence-corrected chi connectivity index (χ2v) is 6.97. The van der Waals surface area contributed by atoms with Crippen molar-refractivity contribution in [1.82, 2.24) is 15.0 Å². The van der Waals surface area contributed by atoms with Crippen molar-refractivity contribution in [2.24, 2.45) is 5.10 Å². The van der Waals surface area contributed by atoms with Crippen LogP contribution in [0.3, 0.4) is 0 Å². The van der Waals surface area contributed by atoms with E-state index in [9.17, 15) is 14.9 Å². The average Bonchev–Trinajstić information content (AvgIpc) is 3.26. The van der Waals surface area contributed by atoms with Gasteiger partial charge in [0.15, 0.2) is 12.4 Å². The minimum Gasteiger partial charge on any atom is -0.455 e. The molecule has 150 valence electrons. The first-order valence-corrected chi connectivity index (χ1v) is 9.13. The summed E-state index contributed by atoms with van der Waals surface area (Å²) in [7, 11) is 0. The average molecular weight is 457 g/mol. The number of nitro groups is 1. The van der Waals surface area contributed by atoms with Gasteiger partial charge in [-0.2, -0.15) is 5.10 Å². The van der Waals surface area contributed by atoms with E-state index < -0.39 is 10.8 Å². The van der Waals surface area contributed by atoms with Crippen molar-refractivity contribution in [2.45, 2.75) is 13.5 Å². The van der Waals surface area contributed by atoms with E-state index >= 15 is 0 Å². The Kier molecular flexibility index (Phi) is 6.21. The van der Waals surface area contributed by atoms with Crippen molar-refractivity contribution in [2.75, 3.05) is 0 Å². The number of halogens is 3. The van der Waals surface area contributed by atoms with E-state index in [1.807, 2.05) is 0 Å². The summed E-state index contributed by atoms with van der Waals surface area (Å²) in [6, 6.07) is 6.37. The summed E-state index contributed by atoms with van der Waals surface area (Å²) in [5, 5.41) is 15.7. The number of furan rings is 1. The molecule has 3 aromatic rings. The molecule has 0 atom stereocenters. The fourth-order valence-corrected chi connectivity index (χ4v) is 3.06. The van der Waals surface area contributed by atoms with Crippen molar-refractivity contribution < 1.29 is 14.1 Å². The lowest BCUT2D eigenvalue weighted by Crippen LogP contribution is -2.24. The fourth-order valence-electron chi connectivity index (χ4n) is 2.42. The number of carbonyl (C=O) groups excluding carboxylic acids is 1. The van der Waals surface area contributed by atoms with Crippen LogP contribution in [0.5, 0.6) is 0 Å². The maximum absolute atomic E-state index is 12.0. The second-order valence-electron chi connectivity index (χ2n) is 5.75. The number of benzene rings is 1. The Hall–Kier alpha value is -2.88. The highest BCUT2D eigenvalue weighted by Gasteiger charge is 2.20. The van der Waals surface area contributed by atoms with Crippen molar-refractivity contribution in [1.29, 1.82) is 0 Å². The molecule has 0 aliphatic carbocycles. The van der Waals surface area contributed by atoms with E-state index in [1.165, 1.54) is 16.8 Å². The van der Waals surface area contributed by atoms with E-state index in [1.54, 1.807) is 25.1 Å². The van der Waals surface area contributed by atoms with Crippen LogP contribution in [-0.4, -0.2) is 26.6 Å². The van der Waals surface area contributed by atoms with Gasteiger partial charge in [-0.15, -0.1) is 0 Å². The molecule has 2 aromatic heterocycles. The number of rotatable bonds is 6. The summed E-state index contributed by atoms with van der Waals surface area (Å²) in [5.74, 6) is 0.267. The Labute approximate surface area is 179 Å². The number of carbonyl (C=O) groups is 1. The third-order valence-electron chi connectivity index (χ3n) is 3.81. The zero-order chi connectivity index (χ0) is 21.1. The highest BCUT2D eigenvalue weighted by atomic mass is 35.5. The topological polar surface area (TPSA) is 116 Å². The molecule has 0 unspecified atom stereocenters. The van der Waals surface area contributed by atoms with Crippen LogP contribution in [0.1, 0.15) is 11.6 Å². The number of hydrogen-bond acceptors (Lipinski definition) is 6. The monoisotopic (exact) mass is 455 g/mol. The van der Waals surface area contributed by atoms with Crippen molar-refractivity contribution in [3.8, 4) is 11.3 Å². The second kappa shape index (κ2) is 8.64. The molecule has 0 saturated heterocycles. The standard InChI is InChI=1S/C17H12Cl3N5O4/c1-9-21-7-17(25(27)28)24(9)8-16(26)23-22-6-10-2-3-15(29-10)11-4-13(19)14(20)5-12(11)18/h2-7H,8H2,1H3,(H,23,26)/b22-6-. The SMILES string of the molecule is Cc1ncc([N+](=O)[O-])n1CC(=O)N/N=C\c1ccc(-c2cc(Cl)c(Cl)cc2Cl)o1. The molecule has 0 spiro atoms. The minimum absolute atomic E-state index is 0.282. The Morgan fingerprint density at radius 3 is 2.76 bits per heavy atom. The van der Waals surface area contributed by atoms with Crippen LogP contribution in [0.4, 0.5) is 5.82 Å². The Bertz CT molecular complexity index is 1120. The molecule has 29 heavy (non-hydrogen) atoms. The molecular formula is C17H12Cl3N5O4. The van der Waals surface area contributed by atoms with E-state index in [-0.39, 0.29) is 12.4 Å². The summed E-state index contributed by atoms with van der Waals surface area (Å²) in [5.41, 5.74) is 2.82. The summed E-state index contributed by atoms with van der Waals surface area (Å²) >= 11 is 18.1. The van der Waals surface area contributed by atoms with E-state index in [2.05, 4.69) is 15.5 Å². The quantitative estimate of drug-likeness (QED) is 0.254. The molecule has 0 aliphatic rings. The molecule has 2 heterocycles. The van der Waals surface area contributed by atoms with Crippen molar-refractivity contribution in [3.63, 3.8) is 0 Å². The molecule has 0 saturated carbocycles. The number of nitrogens with zero attached hydrogens (tertiary/aromatic N) is 4. The fraction of sp³-hybridized carbons (Fsp3) is 0.118. The molecule has 0 fully saturated rings. The first-order valence-electron chi connectivity index (χ1n) is 7.99. The number of amides is 1. The van der Waals surface area contributed by atoms with E-state index in [0.29, 0.717) is 38.0 Å². The molecule has 3 rings (SSSR count). The number of hydrogen-bond donors (Lipinski definition) is 1. The highest BCUT2D eigenvalue weighted by Crippen LogP contribution is 2.35. The molecule has 0 aliphatic heterocycles. The van der Waals surface area contributed by atoms with Crippen molar-refractivity contribution >= 4 is 52.7 Å². The molecule has 1 N–H and O–H groups in total. The van der Waals surface area contributed by atoms with Crippen LogP contribution in [0.15, 0.2) is 40.0 Å². The predicted octanol–water partition coefficient (Wildman–Crippen LogP) is 4.47. The van der Waals surface area contributed by atoms with Gasteiger partial charge in [0.05, 0.1) is 21.3 Å². The van der Waals surface area contributed by atoms with Crippen LogP contribution in [-0.2, 0) is 11.3 Å². The minimum atomic E-state index is -0.616. The molecule has 12 heteroatoms. The lowest BCUT2D eigenvalue weighted by molar-refractivity contribution is -0.392. The van der Waals surface area contributed by atoms with Gasteiger partial charge in [0.1, 0.15) is 17.7 Å². The Balaban J connectivity index is 1.66. The third kappa shape index (κ3) is 4.76. The maximum atomic E-state index is 12.0. The summed E-state index contributed by atoms with van der Waals surface area (Å²) in [6.07, 6.45) is 2.37. The number of aryl methyl sites for hydroxylation is 1. The molecule has 1 aromatic carbocycles. The van der Waals surface area contributed by atoms with Gasteiger partial charge in [0.25, 0.3) is 5.91 Å². The van der Waals surface area contributed by atoms with E-state index in [4.69, 9.17) is 39.2 Å². The van der Waals surface area contributed by atoms with Crippen LogP contribution in [0, 0.1) is 17.0 Å². The largest absolute Gasteiger partial charge is 0.455 e. The van der Waals surface area contributed by atoms with Crippen LogP contribution >= 0.6 is 34.8 Å². The van der Waals surface area contributed by atoms with Gasteiger partial charge >= 0.3 is 5.82 Å². The van der Waals surface area contributed by atoms with Gasteiger partial charge < -0.3 is 14.5 Å². The van der Waals surface area contributed by atoms with Crippen LogP contribution in [0.2, 0.25) is 15.1 Å². The number of nitrogens with one attached hydrogen (secondary N) is 1. The van der Waals surface area contributed by atoms with Crippen LogP contribution < -0.4 is 5.43 Å². The highest BCUT2D eigenvalue weighted by molar-refractivity contribution is 6.44. The van der Waals surface area contributed by atoms with Gasteiger partial charge in [-0.1, -0.05) is 34.8 Å². The van der Waals surface area contributed by atoms with Gasteiger partial charge in [0, 0.05) is 12.5 Å². The van der Waals surface area contributed by atoms with Gasteiger partial charge in [-0.3, -0.25) is 4.79 Å². The summed E-state index contributed by atoms with van der Waals surface area (Å²) < 4.78 is 6.78.